The van der Waals surface area contributed by atoms with E-state index in [1.165, 1.54) is 0 Å². The Hall–Kier alpha value is -1.06. The SMILES string of the molecule is CC(C)(C)C1CCN(C(=O)C2CNC(=O)C2)C1. The van der Waals surface area contributed by atoms with Gasteiger partial charge in [0, 0.05) is 26.1 Å². The van der Waals surface area contributed by atoms with E-state index < -0.39 is 0 Å². The van der Waals surface area contributed by atoms with Crippen LogP contribution in [0.4, 0.5) is 0 Å². The molecule has 0 spiro atoms. The molecule has 0 bridgehead atoms. The van der Waals surface area contributed by atoms with Crippen LogP contribution in [-0.4, -0.2) is 36.3 Å². The van der Waals surface area contributed by atoms with Crippen LogP contribution in [0.2, 0.25) is 0 Å². The van der Waals surface area contributed by atoms with Gasteiger partial charge in [0.2, 0.25) is 11.8 Å². The fraction of sp³-hybridized carbons (Fsp3) is 0.846. The molecule has 2 aliphatic heterocycles. The molecule has 96 valence electrons. The summed E-state index contributed by atoms with van der Waals surface area (Å²) in [4.78, 5) is 25.3. The van der Waals surface area contributed by atoms with Gasteiger partial charge < -0.3 is 10.2 Å². The second-order valence-corrected chi connectivity index (χ2v) is 6.34. The minimum atomic E-state index is -0.124. The molecule has 2 aliphatic rings. The van der Waals surface area contributed by atoms with E-state index in [1.807, 2.05) is 4.90 Å². The second kappa shape index (κ2) is 4.31. The van der Waals surface area contributed by atoms with Gasteiger partial charge in [-0.15, -0.1) is 0 Å². The predicted molar refractivity (Wildman–Crippen MR) is 65.3 cm³/mol. The molecular formula is C13H22N2O2. The van der Waals surface area contributed by atoms with Crippen molar-refractivity contribution in [2.75, 3.05) is 19.6 Å². The molecule has 0 aromatic rings. The second-order valence-electron chi connectivity index (χ2n) is 6.34. The zero-order valence-electron chi connectivity index (χ0n) is 11.0. The van der Waals surface area contributed by atoms with Crippen LogP contribution in [0.15, 0.2) is 0 Å². The highest BCUT2D eigenvalue weighted by atomic mass is 16.2. The number of hydrogen-bond donors (Lipinski definition) is 1. The summed E-state index contributed by atoms with van der Waals surface area (Å²) >= 11 is 0. The zero-order chi connectivity index (χ0) is 12.6. The topological polar surface area (TPSA) is 49.4 Å². The predicted octanol–water partition coefficient (Wildman–Crippen LogP) is 1.02. The van der Waals surface area contributed by atoms with Crippen LogP contribution < -0.4 is 5.32 Å². The molecule has 2 saturated heterocycles. The molecular weight excluding hydrogens is 216 g/mol. The summed E-state index contributed by atoms with van der Waals surface area (Å²) in [6.45, 7) is 8.91. The van der Waals surface area contributed by atoms with Gasteiger partial charge in [0.15, 0.2) is 0 Å². The average Bonchev–Trinajstić information content (AvgIpc) is 2.83. The Morgan fingerprint density at radius 1 is 1.41 bits per heavy atom. The highest BCUT2D eigenvalue weighted by Crippen LogP contribution is 2.34. The van der Waals surface area contributed by atoms with Crippen molar-refractivity contribution in [2.45, 2.75) is 33.6 Å². The molecule has 2 heterocycles. The lowest BCUT2D eigenvalue weighted by atomic mass is 9.80. The third-order valence-electron chi connectivity index (χ3n) is 4.05. The van der Waals surface area contributed by atoms with Crippen LogP contribution in [0.25, 0.3) is 0 Å². The highest BCUT2D eigenvalue weighted by molar-refractivity contribution is 5.89. The molecule has 0 saturated carbocycles. The average molecular weight is 238 g/mol. The first-order valence-corrected chi connectivity index (χ1v) is 6.43. The Kier molecular flexibility index (Phi) is 3.15. The van der Waals surface area contributed by atoms with E-state index in [-0.39, 0.29) is 23.1 Å². The Morgan fingerprint density at radius 2 is 2.12 bits per heavy atom. The van der Waals surface area contributed by atoms with Crippen molar-refractivity contribution in [3.8, 4) is 0 Å². The standard InChI is InChI=1S/C13H22N2O2/c1-13(2,3)10-4-5-15(8-10)12(17)9-6-11(16)14-7-9/h9-10H,4-8H2,1-3H3,(H,14,16). The molecule has 0 aliphatic carbocycles. The van der Waals surface area contributed by atoms with E-state index in [0.29, 0.717) is 18.9 Å². The summed E-state index contributed by atoms with van der Waals surface area (Å²) in [7, 11) is 0. The summed E-state index contributed by atoms with van der Waals surface area (Å²) in [6, 6.07) is 0. The van der Waals surface area contributed by atoms with E-state index in [0.717, 1.165) is 19.5 Å². The Labute approximate surface area is 103 Å². The number of nitrogens with one attached hydrogen (secondary N) is 1. The minimum absolute atomic E-state index is 0.00918. The lowest BCUT2D eigenvalue weighted by Crippen LogP contribution is -2.36. The minimum Gasteiger partial charge on any atom is -0.355 e. The highest BCUT2D eigenvalue weighted by Gasteiger charge is 2.37. The lowest BCUT2D eigenvalue weighted by Gasteiger charge is -2.27. The van der Waals surface area contributed by atoms with Gasteiger partial charge in [-0.05, 0) is 17.8 Å². The molecule has 2 unspecified atom stereocenters. The third-order valence-corrected chi connectivity index (χ3v) is 4.05. The first kappa shape index (κ1) is 12.4. The van der Waals surface area contributed by atoms with Crippen molar-refractivity contribution in [3.63, 3.8) is 0 Å². The zero-order valence-corrected chi connectivity index (χ0v) is 11.0. The molecule has 17 heavy (non-hydrogen) atoms. The number of hydrogen-bond acceptors (Lipinski definition) is 2. The van der Waals surface area contributed by atoms with E-state index in [4.69, 9.17) is 0 Å². The van der Waals surface area contributed by atoms with Crippen LogP contribution in [0.5, 0.6) is 0 Å². The number of rotatable bonds is 1. The number of carbonyl (C=O) groups is 2. The Morgan fingerprint density at radius 3 is 2.59 bits per heavy atom. The van der Waals surface area contributed by atoms with Crippen molar-refractivity contribution in [2.24, 2.45) is 17.3 Å². The maximum absolute atomic E-state index is 12.2. The normalized spacial score (nSPS) is 29.6. The van der Waals surface area contributed by atoms with Crippen LogP contribution >= 0.6 is 0 Å². The number of carbonyl (C=O) groups excluding carboxylic acids is 2. The third kappa shape index (κ3) is 2.61. The van der Waals surface area contributed by atoms with Crippen LogP contribution in [0.1, 0.15) is 33.6 Å². The molecule has 2 rings (SSSR count). The van der Waals surface area contributed by atoms with E-state index in [2.05, 4.69) is 26.1 Å². The van der Waals surface area contributed by atoms with Crippen LogP contribution in [0.3, 0.4) is 0 Å². The largest absolute Gasteiger partial charge is 0.355 e. The smallest absolute Gasteiger partial charge is 0.227 e. The van der Waals surface area contributed by atoms with Gasteiger partial charge in [0.1, 0.15) is 0 Å². The van der Waals surface area contributed by atoms with Crippen LogP contribution in [0, 0.1) is 17.3 Å². The summed E-state index contributed by atoms with van der Waals surface area (Å²) in [6.07, 6.45) is 1.46. The van der Waals surface area contributed by atoms with Gasteiger partial charge >= 0.3 is 0 Å². The van der Waals surface area contributed by atoms with E-state index in [1.54, 1.807) is 0 Å². The van der Waals surface area contributed by atoms with Crippen molar-refractivity contribution >= 4 is 11.8 Å². The van der Waals surface area contributed by atoms with Gasteiger partial charge in [0.05, 0.1) is 5.92 Å². The van der Waals surface area contributed by atoms with Crippen molar-refractivity contribution < 1.29 is 9.59 Å². The van der Waals surface area contributed by atoms with Gasteiger partial charge in [0.25, 0.3) is 0 Å². The molecule has 2 fully saturated rings. The molecule has 2 atom stereocenters. The molecule has 2 amide bonds. The van der Waals surface area contributed by atoms with Gasteiger partial charge in [-0.3, -0.25) is 9.59 Å². The summed E-state index contributed by atoms with van der Waals surface area (Å²) in [5.74, 6) is 0.628. The molecule has 4 heteroatoms. The van der Waals surface area contributed by atoms with E-state index in [9.17, 15) is 9.59 Å². The molecule has 0 aromatic carbocycles. The van der Waals surface area contributed by atoms with Gasteiger partial charge in [-0.1, -0.05) is 20.8 Å². The Bertz CT molecular complexity index is 333. The summed E-state index contributed by atoms with van der Waals surface area (Å²) in [5.41, 5.74) is 0.263. The van der Waals surface area contributed by atoms with Crippen molar-refractivity contribution in [1.29, 1.82) is 0 Å². The maximum atomic E-state index is 12.2. The first-order chi connectivity index (χ1) is 7.88. The molecule has 0 radical (unpaired) electrons. The van der Waals surface area contributed by atoms with Crippen molar-refractivity contribution in [1.82, 2.24) is 10.2 Å². The maximum Gasteiger partial charge on any atom is 0.227 e. The summed E-state index contributed by atoms with van der Waals surface area (Å²) < 4.78 is 0. The van der Waals surface area contributed by atoms with E-state index >= 15 is 0 Å². The number of amides is 2. The first-order valence-electron chi connectivity index (χ1n) is 6.43. The summed E-state index contributed by atoms with van der Waals surface area (Å²) in [5, 5.41) is 2.73. The molecule has 0 aromatic heterocycles. The number of likely N-dealkylation sites (tertiary alicyclic amines) is 1. The van der Waals surface area contributed by atoms with Crippen molar-refractivity contribution in [3.05, 3.63) is 0 Å². The van der Waals surface area contributed by atoms with Gasteiger partial charge in [-0.25, -0.2) is 0 Å². The monoisotopic (exact) mass is 238 g/mol. The molecule has 1 N–H and O–H groups in total. The number of nitrogens with zero attached hydrogens (tertiary/aromatic N) is 1. The fourth-order valence-corrected chi connectivity index (χ4v) is 2.71. The quantitative estimate of drug-likeness (QED) is 0.741. The molecule has 4 nitrogen and oxygen atoms in total. The lowest BCUT2D eigenvalue weighted by molar-refractivity contribution is -0.135. The fourth-order valence-electron chi connectivity index (χ4n) is 2.71. The Balaban J connectivity index is 1.92. The van der Waals surface area contributed by atoms with Crippen LogP contribution in [-0.2, 0) is 9.59 Å². The van der Waals surface area contributed by atoms with Gasteiger partial charge in [-0.2, -0.15) is 0 Å².